The summed E-state index contributed by atoms with van der Waals surface area (Å²) >= 11 is 1.30. The number of esters is 1. The molecule has 0 N–H and O–H groups in total. The summed E-state index contributed by atoms with van der Waals surface area (Å²) in [5.74, 6) is -0.470. The van der Waals surface area contributed by atoms with E-state index >= 15 is 0 Å². The van der Waals surface area contributed by atoms with Crippen LogP contribution < -0.4 is 14.9 Å². The zero-order valence-electron chi connectivity index (χ0n) is 22.0. The highest BCUT2D eigenvalue weighted by atomic mass is 32.1. The summed E-state index contributed by atoms with van der Waals surface area (Å²) in [6.07, 6.45) is 3.80. The molecule has 5 aromatic rings. The Hall–Kier alpha value is -4.82. The molecule has 0 fully saturated rings. The zero-order chi connectivity index (χ0) is 27.6. The number of aromatic nitrogens is 3. The Kier molecular flexibility index (Phi) is 6.84. The largest absolute Gasteiger partial charge is 0.463 e. The second-order valence-electron chi connectivity index (χ2n) is 9.29. The van der Waals surface area contributed by atoms with Gasteiger partial charge >= 0.3 is 5.97 Å². The van der Waals surface area contributed by atoms with Crippen molar-refractivity contribution in [1.29, 1.82) is 0 Å². The summed E-state index contributed by atoms with van der Waals surface area (Å²) < 4.78 is 9.31. The number of thiazole rings is 1. The quantitative estimate of drug-likeness (QED) is 0.291. The van der Waals surface area contributed by atoms with Crippen molar-refractivity contribution in [2.75, 3.05) is 6.61 Å². The molecule has 0 saturated carbocycles. The summed E-state index contributed by atoms with van der Waals surface area (Å²) in [5.41, 5.74) is 4.93. The molecule has 198 valence electrons. The molecule has 2 aromatic heterocycles. The van der Waals surface area contributed by atoms with Gasteiger partial charge in [0.1, 0.15) is 0 Å². The van der Waals surface area contributed by atoms with Gasteiger partial charge in [0.2, 0.25) is 0 Å². The van der Waals surface area contributed by atoms with E-state index in [-0.39, 0.29) is 12.2 Å². The van der Waals surface area contributed by atoms with Crippen molar-refractivity contribution in [2.24, 2.45) is 4.99 Å². The van der Waals surface area contributed by atoms with Crippen LogP contribution in [-0.4, -0.2) is 26.9 Å². The van der Waals surface area contributed by atoms with Crippen LogP contribution in [0.1, 0.15) is 31.0 Å². The van der Waals surface area contributed by atoms with Gasteiger partial charge in [0, 0.05) is 17.3 Å². The van der Waals surface area contributed by atoms with Crippen LogP contribution in [0.2, 0.25) is 0 Å². The number of rotatable bonds is 6. The average molecular weight is 547 g/mol. The SMILES string of the molecule is CCOC(=O)C1=C(C)N=c2s/c(=C\c3cn(-c4ccccc4)nc3-c3ccccc3)c(=O)n2[C@@H]1c1ccccc1. The number of carbonyl (C=O) groups is 1. The third kappa shape index (κ3) is 4.63. The van der Waals surface area contributed by atoms with Gasteiger partial charge in [-0.1, -0.05) is 90.2 Å². The molecule has 6 rings (SSSR count). The van der Waals surface area contributed by atoms with E-state index in [1.807, 2.05) is 108 Å². The number of hydrogen-bond donors (Lipinski definition) is 0. The highest BCUT2D eigenvalue weighted by Crippen LogP contribution is 2.30. The lowest BCUT2D eigenvalue weighted by molar-refractivity contribution is -0.139. The van der Waals surface area contributed by atoms with Gasteiger partial charge < -0.3 is 4.74 Å². The zero-order valence-corrected chi connectivity index (χ0v) is 22.8. The van der Waals surface area contributed by atoms with Gasteiger partial charge in [-0.25, -0.2) is 14.5 Å². The van der Waals surface area contributed by atoms with Crippen molar-refractivity contribution in [2.45, 2.75) is 19.9 Å². The van der Waals surface area contributed by atoms with Crippen LogP contribution in [0.25, 0.3) is 23.0 Å². The number of benzene rings is 3. The van der Waals surface area contributed by atoms with Crippen LogP contribution in [0.5, 0.6) is 0 Å². The van der Waals surface area contributed by atoms with E-state index in [1.165, 1.54) is 11.3 Å². The molecular formula is C32H26N4O3S. The molecule has 0 radical (unpaired) electrons. The Labute approximate surface area is 234 Å². The smallest absolute Gasteiger partial charge is 0.338 e. The lowest BCUT2D eigenvalue weighted by Gasteiger charge is -2.24. The first kappa shape index (κ1) is 25.5. The van der Waals surface area contributed by atoms with E-state index < -0.39 is 12.0 Å². The van der Waals surface area contributed by atoms with Crippen molar-refractivity contribution in [3.05, 3.63) is 139 Å². The predicted molar refractivity (Wildman–Crippen MR) is 156 cm³/mol. The normalized spacial score (nSPS) is 15.1. The Balaban J connectivity index is 1.56. The van der Waals surface area contributed by atoms with Gasteiger partial charge in [0.05, 0.1) is 39.8 Å². The molecule has 8 heteroatoms. The minimum absolute atomic E-state index is 0.224. The molecule has 0 aliphatic carbocycles. The Bertz CT molecular complexity index is 1900. The highest BCUT2D eigenvalue weighted by molar-refractivity contribution is 7.07. The topological polar surface area (TPSA) is 78.5 Å². The molecule has 7 nitrogen and oxygen atoms in total. The minimum Gasteiger partial charge on any atom is -0.463 e. The predicted octanol–water partition coefficient (Wildman–Crippen LogP) is 4.65. The fourth-order valence-electron chi connectivity index (χ4n) is 4.91. The second kappa shape index (κ2) is 10.7. The molecule has 3 aromatic carbocycles. The Morgan fingerprint density at radius 3 is 2.30 bits per heavy atom. The van der Waals surface area contributed by atoms with E-state index in [9.17, 15) is 9.59 Å². The number of para-hydroxylation sites is 1. The molecule has 0 unspecified atom stereocenters. The summed E-state index contributed by atoms with van der Waals surface area (Å²) in [4.78, 5) is 32.3. The number of fused-ring (bicyclic) bond motifs is 1. The number of allylic oxidation sites excluding steroid dienone is 1. The first-order chi connectivity index (χ1) is 19.5. The lowest BCUT2D eigenvalue weighted by Crippen LogP contribution is -2.39. The van der Waals surface area contributed by atoms with E-state index in [1.54, 1.807) is 18.4 Å². The van der Waals surface area contributed by atoms with Crippen LogP contribution >= 0.6 is 11.3 Å². The maximum absolute atomic E-state index is 14.0. The average Bonchev–Trinajstić information content (AvgIpc) is 3.54. The van der Waals surface area contributed by atoms with Crippen LogP contribution in [0, 0.1) is 0 Å². The summed E-state index contributed by atoms with van der Waals surface area (Å²) in [6.45, 7) is 3.78. The van der Waals surface area contributed by atoms with E-state index in [0.717, 1.165) is 28.1 Å². The molecule has 1 aliphatic rings. The van der Waals surface area contributed by atoms with Gasteiger partial charge in [-0.05, 0) is 37.6 Å². The molecule has 0 amide bonds. The maximum Gasteiger partial charge on any atom is 0.338 e. The molecule has 0 saturated heterocycles. The molecule has 3 heterocycles. The number of nitrogens with zero attached hydrogens (tertiary/aromatic N) is 4. The number of ether oxygens (including phenoxy) is 1. The molecule has 0 spiro atoms. The third-order valence-corrected chi connectivity index (χ3v) is 7.71. The van der Waals surface area contributed by atoms with Crippen molar-refractivity contribution >= 4 is 23.4 Å². The van der Waals surface area contributed by atoms with Crippen LogP contribution in [0.4, 0.5) is 0 Å². The summed E-state index contributed by atoms with van der Waals surface area (Å²) in [6, 6.07) is 28.6. The minimum atomic E-state index is -0.640. The molecule has 0 bridgehead atoms. The summed E-state index contributed by atoms with van der Waals surface area (Å²) in [7, 11) is 0. The van der Waals surface area contributed by atoms with Gasteiger partial charge in [-0.15, -0.1) is 0 Å². The van der Waals surface area contributed by atoms with Gasteiger partial charge in [0.25, 0.3) is 5.56 Å². The van der Waals surface area contributed by atoms with Crippen LogP contribution in [0.3, 0.4) is 0 Å². The van der Waals surface area contributed by atoms with Crippen LogP contribution in [-0.2, 0) is 9.53 Å². The van der Waals surface area contributed by atoms with Gasteiger partial charge in [0.15, 0.2) is 4.80 Å². The van der Waals surface area contributed by atoms with Crippen molar-refractivity contribution < 1.29 is 9.53 Å². The highest BCUT2D eigenvalue weighted by Gasteiger charge is 2.33. The first-order valence-electron chi connectivity index (χ1n) is 13.0. The van der Waals surface area contributed by atoms with E-state index in [2.05, 4.69) is 4.99 Å². The maximum atomic E-state index is 14.0. The first-order valence-corrected chi connectivity index (χ1v) is 13.8. The lowest BCUT2D eigenvalue weighted by atomic mass is 9.96. The van der Waals surface area contributed by atoms with E-state index in [4.69, 9.17) is 9.84 Å². The van der Waals surface area contributed by atoms with Gasteiger partial charge in [-0.3, -0.25) is 9.36 Å². The van der Waals surface area contributed by atoms with Crippen molar-refractivity contribution in [3.63, 3.8) is 0 Å². The second-order valence-corrected chi connectivity index (χ2v) is 10.3. The Morgan fingerprint density at radius 1 is 0.975 bits per heavy atom. The third-order valence-electron chi connectivity index (χ3n) is 6.73. The number of hydrogen-bond acceptors (Lipinski definition) is 6. The van der Waals surface area contributed by atoms with Crippen LogP contribution in [0.15, 0.2) is 118 Å². The number of carbonyl (C=O) groups excluding carboxylic acids is 1. The fraction of sp³-hybridized carbons (Fsp3) is 0.125. The molecule has 40 heavy (non-hydrogen) atoms. The van der Waals surface area contributed by atoms with Crippen molar-refractivity contribution in [3.8, 4) is 16.9 Å². The van der Waals surface area contributed by atoms with Gasteiger partial charge in [-0.2, -0.15) is 5.10 Å². The summed E-state index contributed by atoms with van der Waals surface area (Å²) in [5, 5.41) is 4.88. The molecule has 1 atom stereocenters. The van der Waals surface area contributed by atoms with Crippen molar-refractivity contribution in [1.82, 2.24) is 14.3 Å². The fourth-order valence-corrected chi connectivity index (χ4v) is 5.95. The molecule has 1 aliphatic heterocycles. The molecular weight excluding hydrogens is 520 g/mol. The standard InChI is InChI=1S/C32H26N4O3S/c1-3-39-31(38)27-21(2)33-32-36(29(27)23-15-9-5-10-16-23)30(37)26(40-32)19-24-20-35(25-17-11-6-12-18-25)34-28(24)22-13-7-4-8-14-22/h4-20,29H,3H2,1-2H3/b26-19-/t29-/m1/s1. The monoisotopic (exact) mass is 546 g/mol. The van der Waals surface area contributed by atoms with E-state index in [0.29, 0.717) is 20.6 Å². The Morgan fingerprint density at radius 2 is 1.62 bits per heavy atom.